The molecule has 1 amide bonds. The zero-order valence-corrected chi connectivity index (χ0v) is 13.2. The number of hydrogen-bond donors (Lipinski definition) is 2. The zero-order valence-electron chi connectivity index (χ0n) is 12.5. The molecule has 118 valence electrons. The van der Waals surface area contributed by atoms with Gasteiger partial charge in [-0.1, -0.05) is 25.4 Å². The van der Waals surface area contributed by atoms with Crippen molar-refractivity contribution in [1.82, 2.24) is 5.32 Å². The molecular formula is C15H21ClFNO3. The summed E-state index contributed by atoms with van der Waals surface area (Å²) in [5.41, 5.74) is -0.914. The molecule has 1 unspecified atom stereocenters. The van der Waals surface area contributed by atoms with E-state index in [0.29, 0.717) is 12.8 Å². The van der Waals surface area contributed by atoms with Gasteiger partial charge in [0.25, 0.3) is 5.91 Å². The molecule has 0 aliphatic rings. The molecule has 0 aromatic heterocycles. The molecule has 4 nitrogen and oxygen atoms in total. The summed E-state index contributed by atoms with van der Waals surface area (Å²) in [4.78, 5) is 11.9. The molecule has 0 aliphatic carbocycles. The Balaban J connectivity index is 2.59. The fraction of sp³-hybridized carbons (Fsp3) is 0.533. The second-order valence-electron chi connectivity index (χ2n) is 4.98. The van der Waals surface area contributed by atoms with Gasteiger partial charge in [0, 0.05) is 6.54 Å². The Labute approximate surface area is 129 Å². The van der Waals surface area contributed by atoms with Gasteiger partial charge < -0.3 is 15.2 Å². The highest BCUT2D eigenvalue weighted by Gasteiger charge is 2.24. The Morgan fingerprint density at radius 1 is 1.48 bits per heavy atom. The Morgan fingerprint density at radius 3 is 2.62 bits per heavy atom. The average Bonchev–Trinajstić information content (AvgIpc) is 2.47. The highest BCUT2D eigenvalue weighted by molar-refractivity contribution is 6.32. The van der Waals surface area contributed by atoms with Gasteiger partial charge >= 0.3 is 0 Å². The van der Waals surface area contributed by atoms with Crippen LogP contribution in [0.25, 0.3) is 0 Å². The Kier molecular flexibility index (Phi) is 6.42. The molecule has 0 saturated heterocycles. The summed E-state index contributed by atoms with van der Waals surface area (Å²) in [5, 5.41) is 12.9. The summed E-state index contributed by atoms with van der Waals surface area (Å²) in [6.07, 6.45) is 0.289. The number of carbonyl (C=O) groups is 1. The fourth-order valence-electron chi connectivity index (χ4n) is 1.71. The van der Waals surface area contributed by atoms with Crippen LogP contribution in [-0.2, 0) is 4.79 Å². The monoisotopic (exact) mass is 317 g/mol. The van der Waals surface area contributed by atoms with Gasteiger partial charge in [0.05, 0.1) is 10.6 Å². The van der Waals surface area contributed by atoms with Gasteiger partial charge in [0.2, 0.25) is 0 Å². The number of ether oxygens (including phenoxy) is 1. The largest absolute Gasteiger partial charge is 0.479 e. The van der Waals surface area contributed by atoms with Crippen molar-refractivity contribution in [1.29, 1.82) is 0 Å². The molecule has 1 aromatic rings. The molecule has 1 atom stereocenters. The maximum absolute atomic E-state index is 12.9. The van der Waals surface area contributed by atoms with Crippen molar-refractivity contribution in [3.8, 4) is 5.75 Å². The number of amides is 1. The summed E-state index contributed by atoms with van der Waals surface area (Å²) < 4.78 is 18.3. The molecule has 21 heavy (non-hydrogen) atoms. The lowest BCUT2D eigenvalue weighted by molar-refractivity contribution is -0.128. The Hall–Kier alpha value is -1.33. The number of carbonyl (C=O) groups excluding carboxylic acids is 1. The molecule has 0 fully saturated rings. The minimum Gasteiger partial charge on any atom is -0.479 e. The van der Waals surface area contributed by atoms with E-state index in [2.05, 4.69) is 5.32 Å². The quantitative estimate of drug-likeness (QED) is 0.813. The third kappa shape index (κ3) is 5.17. The first-order valence-corrected chi connectivity index (χ1v) is 7.31. The lowest BCUT2D eigenvalue weighted by Crippen LogP contribution is -2.46. The van der Waals surface area contributed by atoms with Crippen LogP contribution in [0.4, 0.5) is 4.39 Å². The van der Waals surface area contributed by atoms with E-state index in [9.17, 15) is 14.3 Å². The van der Waals surface area contributed by atoms with Gasteiger partial charge in [-0.05, 0) is 38.0 Å². The molecular weight excluding hydrogens is 297 g/mol. The molecule has 1 rings (SSSR count). The second-order valence-corrected chi connectivity index (χ2v) is 5.39. The van der Waals surface area contributed by atoms with Crippen LogP contribution in [-0.4, -0.2) is 29.3 Å². The van der Waals surface area contributed by atoms with E-state index < -0.39 is 17.5 Å². The van der Waals surface area contributed by atoms with E-state index in [0.717, 1.165) is 6.07 Å². The predicted molar refractivity (Wildman–Crippen MR) is 80.0 cm³/mol. The van der Waals surface area contributed by atoms with E-state index >= 15 is 0 Å². The first-order valence-electron chi connectivity index (χ1n) is 6.93. The van der Waals surface area contributed by atoms with E-state index in [-0.39, 0.29) is 23.2 Å². The number of hydrogen-bond acceptors (Lipinski definition) is 3. The topological polar surface area (TPSA) is 58.6 Å². The molecule has 2 N–H and O–H groups in total. The summed E-state index contributed by atoms with van der Waals surface area (Å²) >= 11 is 5.84. The van der Waals surface area contributed by atoms with Crippen LogP contribution in [0.15, 0.2) is 18.2 Å². The minimum atomic E-state index is -0.914. The number of benzene rings is 1. The summed E-state index contributed by atoms with van der Waals surface area (Å²) in [6.45, 7) is 5.43. The third-order valence-corrected chi connectivity index (χ3v) is 3.77. The smallest absolute Gasteiger partial charge is 0.260 e. The maximum atomic E-state index is 12.9. The molecule has 0 aliphatic heterocycles. The van der Waals surface area contributed by atoms with Crippen LogP contribution < -0.4 is 10.1 Å². The van der Waals surface area contributed by atoms with Crippen LogP contribution >= 0.6 is 11.6 Å². The first kappa shape index (κ1) is 17.7. The number of rotatable bonds is 7. The van der Waals surface area contributed by atoms with Crippen molar-refractivity contribution in [2.75, 3.05) is 6.54 Å². The van der Waals surface area contributed by atoms with E-state index in [1.165, 1.54) is 12.1 Å². The maximum Gasteiger partial charge on any atom is 0.260 e. The van der Waals surface area contributed by atoms with Gasteiger partial charge in [-0.2, -0.15) is 0 Å². The zero-order chi connectivity index (χ0) is 16.0. The third-order valence-electron chi connectivity index (χ3n) is 3.47. The van der Waals surface area contributed by atoms with Crippen molar-refractivity contribution in [3.05, 3.63) is 29.0 Å². The predicted octanol–water partition coefficient (Wildman–Crippen LogP) is 2.91. The van der Waals surface area contributed by atoms with Crippen LogP contribution in [0.5, 0.6) is 5.75 Å². The number of nitrogens with one attached hydrogen (secondary N) is 1. The average molecular weight is 318 g/mol. The number of halogens is 2. The van der Waals surface area contributed by atoms with Crippen molar-refractivity contribution in [3.63, 3.8) is 0 Å². The summed E-state index contributed by atoms with van der Waals surface area (Å²) in [5.74, 6) is -0.599. The molecule has 1 aromatic carbocycles. The minimum absolute atomic E-state index is 0.105. The van der Waals surface area contributed by atoms with E-state index in [1.54, 1.807) is 6.92 Å². The molecule has 6 heteroatoms. The van der Waals surface area contributed by atoms with Crippen LogP contribution in [0, 0.1) is 5.82 Å². The Morgan fingerprint density at radius 2 is 2.10 bits per heavy atom. The summed E-state index contributed by atoms with van der Waals surface area (Å²) in [6, 6.07) is 3.70. The van der Waals surface area contributed by atoms with Crippen molar-refractivity contribution in [2.45, 2.75) is 45.3 Å². The van der Waals surface area contributed by atoms with Crippen molar-refractivity contribution in [2.24, 2.45) is 0 Å². The first-order chi connectivity index (χ1) is 9.81. The molecule has 0 radical (unpaired) electrons. The highest BCUT2D eigenvalue weighted by atomic mass is 35.5. The SMILES string of the molecule is CCC(O)(CC)CNC(=O)C(C)Oc1ccc(F)cc1Cl. The standard InChI is InChI=1S/C15H21ClFNO3/c1-4-15(20,5-2)9-18-14(19)10(3)21-13-7-6-11(17)8-12(13)16/h6-8,10,20H,4-5,9H2,1-3H3,(H,18,19). The molecule has 0 spiro atoms. The van der Waals surface area contributed by atoms with E-state index in [4.69, 9.17) is 16.3 Å². The van der Waals surface area contributed by atoms with Gasteiger partial charge in [-0.3, -0.25) is 4.79 Å². The van der Waals surface area contributed by atoms with Gasteiger partial charge in [0.1, 0.15) is 11.6 Å². The summed E-state index contributed by atoms with van der Waals surface area (Å²) in [7, 11) is 0. The van der Waals surface area contributed by atoms with E-state index in [1.807, 2.05) is 13.8 Å². The Bertz CT molecular complexity index is 492. The van der Waals surface area contributed by atoms with Crippen molar-refractivity contribution < 1.29 is 19.0 Å². The highest BCUT2D eigenvalue weighted by Crippen LogP contribution is 2.25. The lowest BCUT2D eigenvalue weighted by atomic mass is 9.97. The second kappa shape index (κ2) is 7.61. The van der Waals surface area contributed by atoms with Gasteiger partial charge in [-0.15, -0.1) is 0 Å². The van der Waals surface area contributed by atoms with Crippen LogP contribution in [0.2, 0.25) is 5.02 Å². The number of aliphatic hydroxyl groups is 1. The lowest BCUT2D eigenvalue weighted by Gasteiger charge is -2.26. The molecule has 0 heterocycles. The van der Waals surface area contributed by atoms with Gasteiger partial charge in [0.15, 0.2) is 6.10 Å². The van der Waals surface area contributed by atoms with Crippen LogP contribution in [0.3, 0.4) is 0 Å². The van der Waals surface area contributed by atoms with Crippen molar-refractivity contribution >= 4 is 17.5 Å². The molecule has 0 bridgehead atoms. The normalized spacial score (nSPS) is 12.9. The van der Waals surface area contributed by atoms with Gasteiger partial charge in [-0.25, -0.2) is 4.39 Å². The molecule has 0 saturated carbocycles. The van der Waals surface area contributed by atoms with Crippen LogP contribution in [0.1, 0.15) is 33.6 Å². The fourth-order valence-corrected chi connectivity index (χ4v) is 1.92.